The molecule has 0 aliphatic carbocycles. The number of aryl methyl sites for hydroxylation is 2. The highest BCUT2D eigenvalue weighted by atomic mass is 19.1. The predicted octanol–water partition coefficient (Wildman–Crippen LogP) is 1.70. The molecule has 2 amide bonds. The van der Waals surface area contributed by atoms with Gasteiger partial charge in [-0.2, -0.15) is 5.10 Å². The fraction of sp³-hybridized carbons (Fsp3) is 0.333. The van der Waals surface area contributed by atoms with Crippen LogP contribution in [0.25, 0.3) is 0 Å². The van der Waals surface area contributed by atoms with E-state index in [2.05, 4.69) is 20.8 Å². The molecule has 1 heterocycles. The number of amides is 2. The summed E-state index contributed by atoms with van der Waals surface area (Å²) in [5.41, 5.74) is 3.23. The van der Waals surface area contributed by atoms with Crippen LogP contribution in [0.5, 0.6) is 0 Å². The zero-order valence-corrected chi connectivity index (χ0v) is 12.5. The van der Waals surface area contributed by atoms with Crippen LogP contribution in [0.15, 0.2) is 24.3 Å². The number of rotatable bonds is 5. The molecule has 2 rings (SSSR count). The van der Waals surface area contributed by atoms with E-state index in [9.17, 15) is 14.3 Å². The molecule has 1 aromatic heterocycles. The Morgan fingerprint density at radius 3 is 2.59 bits per heavy atom. The number of aliphatic hydroxyl groups is 1. The lowest BCUT2D eigenvalue weighted by atomic mass is 10.1. The van der Waals surface area contributed by atoms with Crippen LogP contribution in [-0.2, 0) is 6.54 Å². The molecule has 6 nitrogen and oxygen atoms in total. The zero-order valence-electron chi connectivity index (χ0n) is 12.5. The Kier molecular flexibility index (Phi) is 5.11. The normalized spacial score (nSPS) is 12.0. The number of hydrogen-bond acceptors (Lipinski definition) is 3. The summed E-state index contributed by atoms with van der Waals surface area (Å²) in [4.78, 5) is 11.7. The summed E-state index contributed by atoms with van der Waals surface area (Å²) < 4.78 is 12.8. The average molecular weight is 306 g/mol. The third-order valence-corrected chi connectivity index (χ3v) is 3.42. The average Bonchev–Trinajstić information content (AvgIpc) is 2.82. The molecule has 22 heavy (non-hydrogen) atoms. The molecular formula is C15H19FN4O2. The topological polar surface area (TPSA) is 90.0 Å². The number of urea groups is 1. The van der Waals surface area contributed by atoms with Gasteiger partial charge in [0.2, 0.25) is 0 Å². The number of halogens is 1. The number of hydrogen-bond donors (Lipinski definition) is 4. The van der Waals surface area contributed by atoms with Crippen molar-refractivity contribution < 1.29 is 14.3 Å². The second kappa shape index (κ2) is 7.04. The third-order valence-electron chi connectivity index (χ3n) is 3.42. The first-order chi connectivity index (χ1) is 10.5. The molecule has 0 fully saturated rings. The van der Waals surface area contributed by atoms with Crippen molar-refractivity contribution in [2.24, 2.45) is 0 Å². The van der Waals surface area contributed by atoms with Crippen LogP contribution >= 0.6 is 0 Å². The summed E-state index contributed by atoms with van der Waals surface area (Å²) >= 11 is 0. The molecule has 7 heteroatoms. The molecule has 1 atom stereocenters. The molecule has 1 aromatic carbocycles. The Balaban J connectivity index is 1.79. The third kappa shape index (κ3) is 4.05. The van der Waals surface area contributed by atoms with Gasteiger partial charge in [-0.1, -0.05) is 12.1 Å². The first-order valence-electron chi connectivity index (χ1n) is 6.93. The van der Waals surface area contributed by atoms with Crippen molar-refractivity contribution in [1.29, 1.82) is 0 Å². The number of carbonyl (C=O) groups excluding carboxylic acids is 1. The number of aromatic nitrogens is 2. The van der Waals surface area contributed by atoms with Gasteiger partial charge in [0.15, 0.2) is 0 Å². The second-order valence-corrected chi connectivity index (χ2v) is 5.04. The van der Waals surface area contributed by atoms with E-state index in [1.165, 1.54) is 24.3 Å². The lowest BCUT2D eigenvalue weighted by Gasteiger charge is -2.13. The van der Waals surface area contributed by atoms with Gasteiger partial charge in [0, 0.05) is 24.3 Å². The molecule has 0 bridgehead atoms. The lowest BCUT2D eigenvalue weighted by Crippen LogP contribution is -2.37. The van der Waals surface area contributed by atoms with Crippen LogP contribution in [0.2, 0.25) is 0 Å². The lowest BCUT2D eigenvalue weighted by molar-refractivity contribution is 0.173. The molecule has 1 unspecified atom stereocenters. The van der Waals surface area contributed by atoms with Crippen LogP contribution in [0.3, 0.4) is 0 Å². The number of H-pyrrole nitrogens is 1. The minimum atomic E-state index is -0.885. The number of aromatic amines is 1. The smallest absolute Gasteiger partial charge is 0.315 e. The molecule has 4 N–H and O–H groups in total. The summed E-state index contributed by atoms with van der Waals surface area (Å²) in [7, 11) is 0. The van der Waals surface area contributed by atoms with E-state index in [-0.39, 0.29) is 18.4 Å². The van der Waals surface area contributed by atoms with Gasteiger partial charge < -0.3 is 15.7 Å². The molecule has 2 aromatic rings. The molecule has 118 valence electrons. The molecule has 0 saturated heterocycles. The minimum absolute atomic E-state index is 0.0425. The fourth-order valence-corrected chi connectivity index (χ4v) is 2.06. The van der Waals surface area contributed by atoms with E-state index in [0.29, 0.717) is 12.1 Å². The Hall–Kier alpha value is -2.41. The van der Waals surface area contributed by atoms with Crippen LogP contribution in [0, 0.1) is 19.7 Å². The van der Waals surface area contributed by atoms with Crippen LogP contribution in [0.1, 0.15) is 28.6 Å². The number of nitrogens with zero attached hydrogens (tertiary/aromatic N) is 1. The van der Waals surface area contributed by atoms with Crippen molar-refractivity contribution in [3.05, 3.63) is 52.6 Å². The maximum absolute atomic E-state index is 12.8. The van der Waals surface area contributed by atoms with Gasteiger partial charge in [0.1, 0.15) is 5.82 Å². The van der Waals surface area contributed by atoms with E-state index >= 15 is 0 Å². The summed E-state index contributed by atoms with van der Waals surface area (Å²) in [5.74, 6) is -0.368. The number of nitrogens with one attached hydrogen (secondary N) is 3. The van der Waals surface area contributed by atoms with E-state index in [1.807, 2.05) is 13.8 Å². The Bertz CT molecular complexity index is 620. The van der Waals surface area contributed by atoms with E-state index in [0.717, 1.165) is 17.0 Å². The summed E-state index contributed by atoms with van der Waals surface area (Å²) in [6.07, 6.45) is -0.885. The number of benzene rings is 1. The Morgan fingerprint density at radius 1 is 1.32 bits per heavy atom. The largest absolute Gasteiger partial charge is 0.387 e. The predicted molar refractivity (Wildman–Crippen MR) is 79.7 cm³/mol. The summed E-state index contributed by atoms with van der Waals surface area (Å²) in [6.45, 7) is 4.14. The van der Waals surface area contributed by atoms with E-state index in [1.54, 1.807) is 0 Å². The van der Waals surface area contributed by atoms with Gasteiger partial charge in [-0.25, -0.2) is 9.18 Å². The second-order valence-electron chi connectivity index (χ2n) is 5.04. The van der Waals surface area contributed by atoms with Crippen molar-refractivity contribution in [2.75, 3.05) is 6.54 Å². The highest BCUT2D eigenvalue weighted by molar-refractivity contribution is 5.73. The highest BCUT2D eigenvalue weighted by Crippen LogP contribution is 2.12. The van der Waals surface area contributed by atoms with Gasteiger partial charge in [0.25, 0.3) is 0 Å². The Labute approximate surface area is 127 Å². The molecule has 0 radical (unpaired) electrons. The van der Waals surface area contributed by atoms with Crippen LogP contribution < -0.4 is 10.6 Å². The van der Waals surface area contributed by atoms with E-state index in [4.69, 9.17) is 0 Å². The van der Waals surface area contributed by atoms with Gasteiger partial charge in [0.05, 0.1) is 11.8 Å². The van der Waals surface area contributed by atoms with E-state index < -0.39 is 6.10 Å². The number of carbonyl (C=O) groups is 1. The van der Waals surface area contributed by atoms with Gasteiger partial charge >= 0.3 is 6.03 Å². The SMILES string of the molecule is Cc1n[nH]c(C)c1CNC(=O)NCC(O)c1ccc(F)cc1. The first kappa shape index (κ1) is 16.0. The van der Waals surface area contributed by atoms with Crippen molar-refractivity contribution in [2.45, 2.75) is 26.5 Å². The first-order valence-corrected chi connectivity index (χ1v) is 6.93. The number of aliphatic hydroxyl groups excluding tert-OH is 1. The Morgan fingerprint density at radius 2 is 2.00 bits per heavy atom. The van der Waals surface area contributed by atoms with Crippen molar-refractivity contribution in [3.8, 4) is 0 Å². The summed E-state index contributed by atoms with van der Waals surface area (Å²) in [6, 6.07) is 5.11. The quantitative estimate of drug-likeness (QED) is 0.678. The summed E-state index contributed by atoms with van der Waals surface area (Å²) in [5, 5.41) is 22.1. The monoisotopic (exact) mass is 306 g/mol. The van der Waals surface area contributed by atoms with Crippen LogP contribution in [0.4, 0.5) is 9.18 Å². The van der Waals surface area contributed by atoms with Crippen molar-refractivity contribution in [3.63, 3.8) is 0 Å². The van der Waals surface area contributed by atoms with Gasteiger partial charge in [-0.05, 0) is 31.5 Å². The standard InChI is InChI=1S/C15H19FN4O2/c1-9-13(10(2)20-19-9)7-17-15(22)18-8-14(21)11-3-5-12(16)6-4-11/h3-6,14,21H,7-8H2,1-2H3,(H,19,20)(H2,17,18,22). The molecular weight excluding hydrogens is 287 g/mol. The minimum Gasteiger partial charge on any atom is -0.387 e. The van der Waals surface area contributed by atoms with Crippen molar-refractivity contribution >= 4 is 6.03 Å². The highest BCUT2D eigenvalue weighted by Gasteiger charge is 2.11. The maximum Gasteiger partial charge on any atom is 0.315 e. The maximum atomic E-state index is 12.8. The molecule has 0 aliphatic heterocycles. The van der Waals surface area contributed by atoms with Crippen LogP contribution in [-0.4, -0.2) is 27.9 Å². The molecule has 0 spiro atoms. The van der Waals surface area contributed by atoms with Crippen molar-refractivity contribution in [1.82, 2.24) is 20.8 Å². The molecule has 0 aliphatic rings. The van der Waals surface area contributed by atoms with Gasteiger partial charge in [-0.15, -0.1) is 0 Å². The fourth-order valence-electron chi connectivity index (χ4n) is 2.06. The zero-order chi connectivity index (χ0) is 16.1. The van der Waals surface area contributed by atoms with Gasteiger partial charge in [-0.3, -0.25) is 5.10 Å². The molecule has 0 saturated carbocycles.